The number of anilines is 1. The van der Waals surface area contributed by atoms with E-state index in [2.05, 4.69) is 71.6 Å². The van der Waals surface area contributed by atoms with Gasteiger partial charge < -0.3 is 9.64 Å². The van der Waals surface area contributed by atoms with Gasteiger partial charge in [-0.3, -0.25) is 0 Å². The van der Waals surface area contributed by atoms with Crippen LogP contribution in [0.2, 0.25) is 0 Å². The number of thiophene rings is 1. The van der Waals surface area contributed by atoms with Crippen LogP contribution in [0.1, 0.15) is 27.7 Å². The van der Waals surface area contributed by atoms with E-state index in [0.29, 0.717) is 11.5 Å². The van der Waals surface area contributed by atoms with Crippen LogP contribution in [0.5, 0.6) is 0 Å². The molecule has 0 fully saturated rings. The fourth-order valence-corrected chi connectivity index (χ4v) is 4.31. The topological polar surface area (TPSA) is 29.5 Å². The van der Waals surface area contributed by atoms with E-state index in [9.17, 15) is 4.79 Å². The summed E-state index contributed by atoms with van der Waals surface area (Å²) in [5.41, 5.74) is 3.67. The molecule has 3 nitrogen and oxygen atoms in total. The van der Waals surface area contributed by atoms with Crippen LogP contribution in [0.3, 0.4) is 0 Å². The summed E-state index contributed by atoms with van der Waals surface area (Å²) in [5, 5.41) is 1.07. The summed E-state index contributed by atoms with van der Waals surface area (Å²) in [6.45, 7) is 3.85. The van der Waals surface area contributed by atoms with Crippen molar-refractivity contribution in [3.05, 3.63) is 101 Å². The zero-order chi connectivity index (χ0) is 20.1. The van der Waals surface area contributed by atoms with Crippen molar-refractivity contribution in [1.29, 1.82) is 0 Å². The first-order chi connectivity index (χ1) is 14.2. The van der Waals surface area contributed by atoms with E-state index in [0.717, 1.165) is 28.9 Å². The second-order valence-electron chi connectivity index (χ2n) is 6.88. The van der Waals surface area contributed by atoms with Gasteiger partial charge in [-0.1, -0.05) is 60.7 Å². The van der Waals surface area contributed by atoms with Gasteiger partial charge in [-0.05, 0) is 47.7 Å². The van der Waals surface area contributed by atoms with E-state index < -0.39 is 0 Å². The molecular weight excluding hydrogens is 378 g/mol. The van der Waals surface area contributed by atoms with Gasteiger partial charge in [0.1, 0.15) is 4.88 Å². The minimum atomic E-state index is -0.249. The molecular formula is C25H23NO2S. The van der Waals surface area contributed by atoms with Crippen molar-refractivity contribution in [2.24, 2.45) is 0 Å². The Kier molecular flexibility index (Phi) is 5.92. The van der Waals surface area contributed by atoms with Crippen molar-refractivity contribution in [2.75, 3.05) is 11.5 Å². The zero-order valence-electron chi connectivity index (χ0n) is 16.4. The monoisotopic (exact) mass is 401 g/mol. The zero-order valence-corrected chi connectivity index (χ0v) is 17.2. The number of fused-ring (bicyclic) bond motifs is 1. The summed E-state index contributed by atoms with van der Waals surface area (Å²) in [5.74, 6) is -0.249. The van der Waals surface area contributed by atoms with Crippen molar-refractivity contribution in [2.45, 2.75) is 20.0 Å². The number of ether oxygens (including phenoxy) is 1. The fourth-order valence-electron chi connectivity index (χ4n) is 3.38. The van der Waals surface area contributed by atoms with Crippen LogP contribution in [-0.2, 0) is 17.8 Å². The Hall–Kier alpha value is -3.11. The van der Waals surface area contributed by atoms with Crippen molar-refractivity contribution in [1.82, 2.24) is 0 Å². The SMILES string of the molecule is CCOC(=O)c1cc2cc(N(Cc3ccccc3)Cc3ccccc3)ccc2s1. The van der Waals surface area contributed by atoms with Crippen LogP contribution in [0.25, 0.3) is 10.1 Å². The first-order valence-corrected chi connectivity index (χ1v) is 10.6. The molecule has 29 heavy (non-hydrogen) atoms. The third-order valence-electron chi connectivity index (χ3n) is 4.77. The van der Waals surface area contributed by atoms with Crippen molar-refractivity contribution < 1.29 is 9.53 Å². The first-order valence-electron chi connectivity index (χ1n) is 9.76. The average Bonchev–Trinajstić information content (AvgIpc) is 3.18. The van der Waals surface area contributed by atoms with E-state index in [1.807, 2.05) is 25.1 Å². The molecule has 146 valence electrons. The lowest BCUT2D eigenvalue weighted by Gasteiger charge is -2.25. The summed E-state index contributed by atoms with van der Waals surface area (Å²) in [7, 11) is 0. The quantitative estimate of drug-likeness (QED) is 0.341. The molecule has 0 atom stereocenters. The van der Waals surface area contributed by atoms with E-state index >= 15 is 0 Å². The molecule has 0 aliphatic carbocycles. The maximum Gasteiger partial charge on any atom is 0.348 e. The Morgan fingerprint density at radius 2 is 1.48 bits per heavy atom. The number of carbonyl (C=O) groups is 1. The molecule has 0 bridgehead atoms. The third-order valence-corrected chi connectivity index (χ3v) is 5.87. The Bertz CT molecular complexity index is 1050. The molecule has 0 amide bonds. The molecule has 4 heteroatoms. The van der Waals surface area contributed by atoms with Crippen molar-refractivity contribution in [3.8, 4) is 0 Å². The van der Waals surface area contributed by atoms with E-state index in [1.54, 1.807) is 0 Å². The molecule has 0 aliphatic rings. The Morgan fingerprint density at radius 1 is 0.862 bits per heavy atom. The van der Waals surface area contributed by atoms with Gasteiger partial charge in [0.15, 0.2) is 0 Å². The molecule has 0 aliphatic heterocycles. The summed E-state index contributed by atoms with van der Waals surface area (Å²) in [6.07, 6.45) is 0. The summed E-state index contributed by atoms with van der Waals surface area (Å²) < 4.78 is 6.25. The number of carbonyl (C=O) groups excluding carboxylic acids is 1. The third kappa shape index (κ3) is 4.66. The maximum atomic E-state index is 12.1. The van der Waals surface area contributed by atoms with Gasteiger partial charge in [0.05, 0.1) is 6.61 Å². The number of rotatable bonds is 7. The summed E-state index contributed by atoms with van der Waals surface area (Å²) in [6, 6.07) is 29.3. The maximum absolute atomic E-state index is 12.1. The molecule has 3 aromatic carbocycles. The second kappa shape index (κ2) is 8.93. The number of benzene rings is 3. The highest BCUT2D eigenvalue weighted by atomic mass is 32.1. The van der Waals surface area contributed by atoms with Gasteiger partial charge in [-0.2, -0.15) is 0 Å². The number of hydrogen-bond acceptors (Lipinski definition) is 4. The van der Waals surface area contributed by atoms with Gasteiger partial charge in [-0.15, -0.1) is 11.3 Å². The second-order valence-corrected chi connectivity index (χ2v) is 7.96. The standard InChI is InChI=1S/C25H23NO2S/c1-2-28-25(27)24-16-21-15-22(13-14-23(21)29-24)26(17-19-9-5-3-6-10-19)18-20-11-7-4-8-12-20/h3-16H,2,17-18H2,1H3. The number of nitrogens with zero attached hydrogens (tertiary/aromatic N) is 1. The molecule has 0 unspecified atom stereocenters. The Balaban J connectivity index is 1.67. The van der Waals surface area contributed by atoms with Gasteiger partial charge in [-0.25, -0.2) is 4.79 Å². The van der Waals surface area contributed by atoms with Crippen LogP contribution < -0.4 is 4.90 Å². The number of hydrogen-bond donors (Lipinski definition) is 0. The Labute approximate surface area is 175 Å². The largest absolute Gasteiger partial charge is 0.462 e. The molecule has 0 saturated heterocycles. The van der Waals surface area contributed by atoms with Gasteiger partial charge in [0.2, 0.25) is 0 Å². The molecule has 4 rings (SSSR count). The van der Waals surface area contributed by atoms with Crippen LogP contribution in [0.15, 0.2) is 84.9 Å². The average molecular weight is 402 g/mol. The smallest absolute Gasteiger partial charge is 0.348 e. The van der Waals surface area contributed by atoms with E-state index in [1.165, 1.54) is 22.5 Å². The minimum absolute atomic E-state index is 0.249. The van der Waals surface area contributed by atoms with Gasteiger partial charge in [0, 0.05) is 23.5 Å². The normalized spacial score (nSPS) is 10.8. The van der Waals surface area contributed by atoms with Crippen LogP contribution in [0, 0.1) is 0 Å². The predicted octanol–water partition coefficient (Wildman–Crippen LogP) is 6.28. The van der Waals surface area contributed by atoms with E-state index in [4.69, 9.17) is 4.74 Å². The lowest BCUT2D eigenvalue weighted by atomic mass is 10.1. The number of esters is 1. The van der Waals surface area contributed by atoms with E-state index in [-0.39, 0.29) is 5.97 Å². The molecule has 0 saturated carbocycles. The molecule has 0 radical (unpaired) electrons. The lowest BCUT2D eigenvalue weighted by molar-refractivity contribution is 0.0532. The van der Waals surface area contributed by atoms with Crippen molar-refractivity contribution >= 4 is 33.1 Å². The highest BCUT2D eigenvalue weighted by Gasteiger charge is 2.14. The molecule has 4 aromatic rings. The Morgan fingerprint density at radius 3 is 2.07 bits per heavy atom. The predicted molar refractivity (Wildman–Crippen MR) is 121 cm³/mol. The molecule has 1 heterocycles. The van der Waals surface area contributed by atoms with Crippen LogP contribution >= 0.6 is 11.3 Å². The fraction of sp³-hybridized carbons (Fsp3) is 0.160. The van der Waals surface area contributed by atoms with Crippen LogP contribution in [0.4, 0.5) is 5.69 Å². The molecule has 0 spiro atoms. The molecule has 0 N–H and O–H groups in total. The van der Waals surface area contributed by atoms with Crippen molar-refractivity contribution in [3.63, 3.8) is 0 Å². The highest BCUT2D eigenvalue weighted by molar-refractivity contribution is 7.20. The lowest BCUT2D eigenvalue weighted by Crippen LogP contribution is -2.22. The highest BCUT2D eigenvalue weighted by Crippen LogP contribution is 2.31. The minimum Gasteiger partial charge on any atom is -0.462 e. The summed E-state index contributed by atoms with van der Waals surface area (Å²) in [4.78, 5) is 15.1. The molecule has 1 aromatic heterocycles. The van der Waals surface area contributed by atoms with Crippen LogP contribution in [-0.4, -0.2) is 12.6 Å². The van der Waals surface area contributed by atoms with Gasteiger partial charge in [0.25, 0.3) is 0 Å². The van der Waals surface area contributed by atoms with Gasteiger partial charge >= 0.3 is 5.97 Å². The first kappa shape index (κ1) is 19.2. The summed E-state index contributed by atoms with van der Waals surface area (Å²) >= 11 is 1.48.